The molecular formula is C11H16F3N3. The number of nitrogens with zero attached hydrogens (tertiary/aromatic N) is 2. The molecule has 2 rings (SSSR count). The van der Waals surface area contributed by atoms with Crippen molar-refractivity contribution >= 4 is 0 Å². The molecule has 0 saturated heterocycles. The van der Waals surface area contributed by atoms with Gasteiger partial charge in [0.25, 0.3) is 0 Å². The molecule has 0 bridgehead atoms. The van der Waals surface area contributed by atoms with E-state index in [1.165, 1.54) is 0 Å². The van der Waals surface area contributed by atoms with Crippen LogP contribution in [0, 0.1) is 6.92 Å². The molecular weight excluding hydrogens is 231 g/mol. The Morgan fingerprint density at radius 3 is 2.59 bits per heavy atom. The summed E-state index contributed by atoms with van der Waals surface area (Å²) in [5, 5.41) is 6.84. The van der Waals surface area contributed by atoms with E-state index < -0.39 is 11.7 Å². The average Bonchev–Trinajstić information content (AvgIpc) is 2.94. The number of hydrogen-bond donors (Lipinski definition) is 1. The highest BCUT2D eigenvalue weighted by molar-refractivity contribution is 5.13. The molecule has 1 aliphatic carbocycles. The van der Waals surface area contributed by atoms with Crippen molar-refractivity contribution in [3.05, 3.63) is 17.5 Å². The van der Waals surface area contributed by atoms with Gasteiger partial charge in [0.2, 0.25) is 0 Å². The van der Waals surface area contributed by atoms with E-state index in [9.17, 15) is 13.2 Å². The van der Waals surface area contributed by atoms with Gasteiger partial charge in [-0.05, 0) is 32.8 Å². The van der Waals surface area contributed by atoms with E-state index in [4.69, 9.17) is 0 Å². The molecule has 0 amide bonds. The maximum absolute atomic E-state index is 12.7. The van der Waals surface area contributed by atoms with Crippen LogP contribution in [0.5, 0.6) is 0 Å². The van der Waals surface area contributed by atoms with Gasteiger partial charge >= 0.3 is 6.18 Å². The van der Waals surface area contributed by atoms with Crippen LogP contribution in [0.25, 0.3) is 0 Å². The van der Waals surface area contributed by atoms with Crippen LogP contribution in [0.15, 0.2) is 6.07 Å². The minimum Gasteiger partial charge on any atom is -0.298 e. The topological polar surface area (TPSA) is 29.9 Å². The Bertz CT molecular complexity index is 405. The Morgan fingerprint density at radius 1 is 1.47 bits per heavy atom. The van der Waals surface area contributed by atoms with Crippen molar-refractivity contribution in [3.63, 3.8) is 0 Å². The van der Waals surface area contributed by atoms with Crippen molar-refractivity contribution < 1.29 is 13.2 Å². The lowest BCUT2D eigenvalue weighted by Crippen LogP contribution is -2.44. The first-order chi connectivity index (χ1) is 7.88. The van der Waals surface area contributed by atoms with Crippen molar-refractivity contribution in [1.29, 1.82) is 0 Å². The molecule has 6 heteroatoms. The van der Waals surface area contributed by atoms with Gasteiger partial charge in [-0.3, -0.25) is 10.00 Å². The van der Waals surface area contributed by atoms with Gasteiger partial charge in [0, 0.05) is 13.1 Å². The van der Waals surface area contributed by atoms with E-state index >= 15 is 0 Å². The number of alkyl halides is 3. The molecule has 1 N–H and O–H groups in total. The van der Waals surface area contributed by atoms with Crippen molar-refractivity contribution in [2.24, 2.45) is 0 Å². The van der Waals surface area contributed by atoms with E-state index in [0.717, 1.165) is 11.4 Å². The lowest BCUT2D eigenvalue weighted by atomic mass is 10.2. The van der Waals surface area contributed by atoms with Crippen LogP contribution < -0.4 is 5.32 Å². The smallest absolute Gasteiger partial charge is 0.298 e. The number of aromatic nitrogens is 2. The zero-order valence-electron chi connectivity index (χ0n) is 9.93. The highest BCUT2D eigenvalue weighted by Crippen LogP contribution is 2.49. The van der Waals surface area contributed by atoms with Gasteiger partial charge in [0.15, 0.2) is 0 Å². The quantitative estimate of drug-likeness (QED) is 0.885. The van der Waals surface area contributed by atoms with Gasteiger partial charge in [-0.1, -0.05) is 0 Å². The summed E-state index contributed by atoms with van der Waals surface area (Å²) in [7, 11) is 0. The molecule has 0 atom stereocenters. The third-order valence-electron chi connectivity index (χ3n) is 3.19. The molecule has 1 fully saturated rings. The largest absolute Gasteiger partial charge is 0.406 e. The zero-order valence-corrected chi connectivity index (χ0v) is 9.93. The van der Waals surface area contributed by atoms with Crippen LogP contribution in [0.4, 0.5) is 13.2 Å². The van der Waals surface area contributed by atoms with E-state index in [0.29, 0.717) is 6.54 Å². The Labute approximate surface area is 98.0 Å². The van der Waals surface area contributed by atoms with Crippen LogP contribution in [-0.4, -0.2) is 21.5 Å². The Balaban J connectivity index is 2.03. The van der Waals surface area contributed by atoms with Crippen LogP contribution in [0.2, 0.25) is 0 Å². The molecule has 1 heterocycles. The second-order valence-corrected chi connectivity index (χ2v) is 4.53. The van der Waals surface area contributed by atoms with E-state index in [1.54, 1.807) is 4.68 Å². The Morgan fingerprint density at radius 2 is 2.12 bits per heavy atom. The maximum atomic E-state index is 12.7. The molecule has 0 spiro atoms. The first-order valence-corrected chi connectivity index (χ1v) is 5.73. The van der Waals surface area contributed by atoms with Gasteiger partial charge in [-0.15, -0.1) is 0 Å². The normalized spacial score (nSPS) is 18.4. The summed E-state index contributed by atoms with van der Waals surface area (Å²) in [6, 6.07) is 1.82. The molecule has 0 aliphatic heterocycles. The van der Waals surface area contributed by atoms with Crippen LogP contribution in [0.3, 0.4) is 0 Å². The number of nitrogens with one attached hydrogen (secondary N) is 1. The van der Waals surface area contributed by atoms with Crippen molar-refractivity contribution in [2.75, 3.05) is 0 Å². The molecule has 0 aromatic carbocycles. The summed E-state index contributed by atoms with van der Waals surface area (Å²) >= 11 is 0. The second kappa shape index (κ2) is 4.01. The minimum absolute atomic E-state index is 0.176. The lowest BCUT2D eigenvalue weighted by Gasteiger charge is -2.20. The van der Waals surface area contributed by atoms with Crippen LogP contribution >= 0.6 is 0 Å². The first kappa shape index (κ1) is 12.4. The molecule has 1 aromatic rings. The predicted molar refractivity (Wildman–Crippen MR) is 57.5 cm³/mol. The fraction of sp³-hybridized carbons (Fsp3) is 0.727. The monoisotopic (exact) mass is 247 g/mol. The zero-order chi connectivity index (χ0) is 12.7. The number of halogens is 3. The van der Waals surface area contributed by atoms with E-state index in [-0.39, 0.29) is 19.4 Å². The van der Waals surface area contributed by atoms with Crippen LogP contribution in [0.1, 0.15) is 31.2 Å². The Hall–Kier alpha value is -1.04. The van der Waals surface area contributed by atoms with Gasteiger partial charge in [0.1, 0.15) is 5.54 Å². The molecule has 3 nitrogen and oxygen atoms in total. The molecule has 1 aromatic heterocycles. The summed E-state index contributed by atoms with van der Waals surface area (Å²) in [5.41, 5.74) is -0.00922. The van der Waals surface area contributed by atoms with Gasteiger partial charge in [-0.2, -0.15) is 18.3 Å². The van der Waals surface area contributed by atoms with E-state index in [2.05, 4.69) is 10.4 Å². The number of hydrogen-bond acceptors (Lipinski definition) is 2. The highest BCUT2D eigenvalue weighted by Gasteiger charge is 2.62. The SMILES string of the molecule is CCn1nc(C)cc1CNC1(C(F)(F)F)CC1. The van der Waals surface area contributed by atoms with Crippen molar-refractivity contribution in [1.82, 2.24) is 15.1 Å². The van der Waals surface area contributed by atoms with Gasteiger partial charge in [-0.25, -0.2) is 0 Å². The third kappa shape index (κ3) is 2.31. The summed E-state index contributed by atoms with van der Waals surface area (Å²) in [6.45, 7) is 4.65. The highest BCUT2D eigenvalue weighted by atomic mass is 19.4. The minimum atomic E-state index is -4.15. The van der Waals surface area contributed by atoms with Gasteiger partial charge in [0.05, 0.1) is 11.4 Å². The molecule has 0 radical (unpaired) electrons. The fourth-order valence-electron chi connectivity index (χ4n) is 1.96. The third-order valence-corrected chi connectivity index (χ3v) is 3.19. The standard InChI is InChI=1S/C11H16F3N3/c1-3-17-9(6-8(2)16-17)7-15-10(4-5-10)11(12,13)14/h6,15H,3-5,7H2,1-2H3. The molecule has 96 valence electrons. The van der Waals surface area contributed by atoms with Crippen LogP contribution in [-0.2, 0) is 13.1 Å². The number of rotatable bonds is 4. The summed E-state index contributed by atoms with van der Waals surface area (Å²) in [4.78, 5) is 0. The molecule has 1 saturated carbocycles. The average molecular weight is 247 g/mol. The van der Waals surface area contributed by atoms with Crippen molar-refractivity contribution in [3.8, 4) is 0 Å². The Kier molecular flexibility index (Phi) is 2.93. The fourth-order valence-corrected chi connectivity index (χ4v) is 1.96. The molecule has 17 heavy (non-hydrogen) atoms. The summed E-state index contributed by atoms with van der Waals surface area (Å²) < 4.78 is 39.8. The summed E-state index contributed by atoms with van der Waals surface area (Å²) in [6.07, 6.45) is -3.80. The van der Waals surface area contributed by atoms with E-state index in [1.807, 2.05) is 19.9 Å². The van der Waals surface area contributed by atoms with Gasteiger partial charge < -0.3 is 0 Å². The van der Waals surface area contributed by atoms with Crippen molar-refractivity contribution in [2.45, 2.75) is 51.5 Å². The second-order valence-electron chi connectivity index (χ2n) is 4.53. The molecule has 1 aliphatic rings. The number of aryl methyl sites for hydroxylation is 2. The molecule has 0 unspecified atom stereocenters. The summed E-state index contributed by atoms with van der Waals surface area (Å²) in [5.74, 6) is 0. The first-order valence-electron chi connectivity index (χ1n) is 5.73. The predicted octanol–water partition coefficient (Wildman–Crippen LogP) is 2.40. The lowest BCUT2D eigenvalue weighted by molar-refractivity contribution is -0.166. The maximum Gasteiger partial charge on any atom is 0.406 e.